The van der Waals surface area contributed by atoms with Crippen LogP contribution in [0.15, 0.2) is 30.3 Å². The average Bonchev–Trinajstić information content (AvgIpc) is 2.74. The molecule has 5 heteroatoms. The zero-order valence-electron chi connectivity index (χ0n) is 9.79. The van der Waals surface area contributed by atoms with Gasteiger partial charge in [-0.15, -0.1) is 11.3 Å². The molecule has 0 aliphatic rings. The molecule has 1 aromatic carbocycles. The van der Waals surface area contributed by atoms with Crippen molar-refractivity contribution in [3.8, 4) is 0 Å². The number of thiophene rings is 1. The molecular weight excluding hydrogens is 353 g/mol. The third-order valence-electron chi connectivity index (χ3n) is 2.62. The zero-order valence-corrected chi connectivity index (χ0v) is 13.7. The second-order valence-electron chi connectivity index (χ2n) is 3.97. The van der Waals surface area contributed by atoms with Crippen LogP contribution in [0, 0.1) is 0 Å². The lowest BCUT2D eigenvalue weighted by Crippen LogP contribution is -2.17. The fourth-order valence-corrected chi connectivity index (χ4v) is 3.54. The van der Waals surface area contributed by atoms with Crippen molar-refractivity contribution in [1.82, 2.24) is 0 Å². The predicted molar refractivity (Wildman–Crippen MR) is 85.5 cm³/mol. The maximum absolute atomic E-state index is 6.06. The van der Waals surface area contributed by atoms with Gasteiger partial charge in [-0.25, -0.2) is 0 Å². The highest BCUT2D eigenvalue weighted by molar-refractivity contribution is 9.08. The molecule has 0 N–H and O–H groups in total. The second-order valence-corrected chi connectivity index (χ2v) is 6.77. The van der Waals surface area contributed by atoms with Crippen molar-refractivity contribution in [3.05, 3.63) is 50.1 Å². The summed E-state index contributed by atoms with van der Waals surface area (Å²) in [5, 5.41) is 1.57. The maximum atomic E-state index is 6.06. The molecule has 18 heavy (non-hydrogen) atoms. The van der Waals surface area contributed by atoms with Crippen LogP contribution in [0.1, 0.15) is 10.4 Å². The Morgan fingerprint density at radius 1 is 1.22 bits per heavy atom. The van der Waals surface area contributed by atoms with Gasteiger partial charge in [-0.05, 0) is 29.8 Å². The molecule has 0 fully saturated rings. The number of halogens is 3. The van der Waals surface area contributed by atoms with E-state index in [2.05, 4.69) is 33.9 Å². The van der Waals surface area contributed by atoms with Gasteiger partial charge in [-0.1, -0.05) is 45.2 Å². The first-order valence-corrected chi connectivity index (χ1v) is 8.09. The highest BCUT2D eigenvalue weighted by Gasteiger charge is 2.09. The summed E-state index contributed by atoms with van der Waals surface area (Å²) in [7, 11) is 2.06. The van der Waals surface area contributed by atoms with Crippen LogP contribution in [-0.2, 0) is 11.9 Å². The largest absolute Gasteiger partial charge is 0.369 e. The smallest absolute Gasteiger partial charge is 0.0931 e. The molecule has 0 bridgehead atoms. The third kappa shape index (κ3) is 3.41. The molecule has 1 nitrogen and oxygen atoms in total. The number of rotatable bonds is 4. The fourth-order valence-electron chi connectivity index (χ4n) is 1.76. The Labute approximate surface area is 129 Å². The SMILES string of the molecule is CN(Cc1ccc(Cl)s1)c1cc(Cl)ccc1CBr. The summed E-state index contributed by atoms with van der Waals surface area (Å²) < 4.78 is 0.824. The Bertz CT molecular complexity index is 542. The monoisotopic (exact) mass is 363 g/mol. The van der Waals surface area contributed by atoms with Gasteiger partial charge in [-0.3, -0.25) is 0 Å². The summed E-state index contributed by atoms with van der Waals surface area (Å²) in [6, 6.07) is 9.94. The van der Waals surface area contributed by atoms with Crippen LogP contribution < -0.4 is 4.90 Å². The van der Waals surface area contributed by atoms with Crippen molar-refractivity contribution in [2.75, 3.05) is 11.9 Å². The van der Waals surface area contributed by atoms with E-state index in [9.17, 15) is 0 Å². The molecule has 0 unspecified atom stereocenters. The third-order valence-corrected chi connectivity index (χ3v) is 4.68. The molecule has 2 aromatic rings. The van der Waals surface area contributed by atoms with Crippen molar-refractivity contribution in [2.24, 2.45) is 0 Å². The molecule has 1 aromatic heterocycles. The molecule has 0 aliphatic heterocycles. The van der Waals surface area contributed by atoms with Crippen LogP contribution in [0.4, 0.5) is 5.69 Å². The minimum absolute atomic E-state index is 0.755. The van der Waals surface area contributed by atoms with Crippen LogP contribution in [0.3, 0.4) is 0 Å². The molecule has 1 heterocycles. The molecule has 0 amide bonds. The summed E-state index contributed by atoms with van der Waals surface area (Å²) in [6.45, 7) is 0.831. The summed E-state index contributed by atoms with van der Waals surface area (Å²) in [4.78, 5) is 3.42. The predicted octanol–water partition coefficient (Wildman–Crippen LogP) is 5.59. The minimum Gasteiger partial charge on any atom is -0.369 e. The van der Waals surface area contributed by atoms with Gasteiger partial charge in [0.1, 0.15) is 0 Å². The Morgan fingerprint density at radius 3 is 2.61 bits per heavy atom. The Morgan fingerprint density at radius 2 is 2.00 bits per heavy atom. The van der Waals surface area contributed by atoms with Gasteiger partial charge in [0.15, 0.2) is 0 Å². The molecule has 0 spiro atoms. The van der Waals surface area contributed by atoms with Crippen LogP contribution >= 0.6 is 50.5 Å². The molecule has 0 saturated heterocycles. The molecule has 96 valence electrons. The maximum Gasteiger partial charge on any atom is 0.0931 e. The molecule has 2 rings (SSSR count). The van der Waals surface area contributed by atoms with Gasteiger partial charge < -0.3 is 4.90 Å². The van der Waals surface area contributed by atoms with E-state index < -0.39 is 0 Å². The van der Waals surface area contributed by atoms with Gasteiger partial charge in [-0.2, -0.15) is 0 Å². The van der Waals surface area contributed by atoms with Crippen LogP contribution in [0.25, 0.3) is 0 Å². The molecule has 0 aliphatic carbocycles. The lowest BCUT2D eigenvalue weighted by Gasteiger charge is -2.21. The summed E-state index contributed by atoms with van der Waals surface area (Å²) in [5.74, 6) is 0. The standard InChI is InChI=1S/C13H12BrCl2NS/c1-17(8-11-4-5-13(16)18-11)12-6-10(15)3-2-9(12)7-14/h2-6H,7-8H2,1H3. The number of anilines is 1. The van der Waals surface area contributed by atoms with Crippen molar-refractivity contribution >= 4 is 56.2 Å². The first-order chi connectivity index (χ1) is 8.60. The summed E-state index contributed by atoms with van der Waals surface area (Å²) >= 11 is 17.1. The Hall–Kier alpha value is -0.220. The van der Waals surface area contributed by atoms with E-state index in [0.29, 0.717) is 0 Å². The highest BCUT2D eigenvalue weighted by atomic mass is 79.9. The van der Waals surface area contributed by atoms with Crippen LogP contribution in [-0.4, -0.2) is 7.05 Å². The summed E-state index contributed by atoms with van der Waals surface area (Å²) in [5.41, 5.74) is 2.37. The van der Waals surface area contributed by atoms with E-state index in [0.717, 1.165) is 26.9 Å². The van der Waals surface area contributed by atoms with Crippen LogP contribution in [0.2, 0.25) is 9.36 Å². The Balaban J connectivity index is 2.22. The average molecular weight is 365 g/mol. The van der Waals surface area contributed by atoms with Crippen molar-refractivity contribution < 1.29 is 0 Å². The molecule has 0 atom stereocenters. The van der Waals surface area contributed by atoms with Crippen LogP contribution in [0.5, 0.6) is 0 Å². The van der Waals surface area contributed by atoms with E-state index in [1.54, 1.807) is 11.3 Å². The zero-order chi connectivity index (χ0) is 13.1. The molecule has 0 saturated carbocycles. The first kappa shape index (κ1) is 14.2. The van der Waals surface area contributed by atoms with Gasteiger partial charge in [0.05, 0.1) is 10.9 Å². The number of benzene rings is 1. The van der Waals surface area contributed by atoms with E-state index in [4.69, 9.17) is 23.2 Å². The topological polar surface area (TPSA) is 3.24 Å². The Kier molecular flexibility index (Phi) is 4.96. The number of alkyl halides is 1. The second kappa shape index (κ2) is 6.29. The summed E-state index contributed by atoms with van der Waals surface area (Å²) in [6.07, 6.45) is 0. The van der Waals surface area contributed by atoms with E-state index in [1.807, 2.05) is 24.3 Å². The quantitative estimate of drug-likeness (QED) is 0.639. The van der Waals surface area contributed by atoms with E-state index >= 15 is 0 Å². The van der Waals surface area contributed by atoms with Gasteiger partial charge in [0, 0.05) is 28.0 Å². The first-order valence-electron chi connectivity index (χ1n) is 5.40. The van der Waals surface area contributed by atoms with E-state index in [1.165, 1.54) is 10.4 Å². The number of hydrogen-bond acceptors (Lipinski definition) is 2. The van der Waals surface area contributed by atoms with Gasteiger partial charge in [0.25, 0.3) is 0 Å². The van der Waals surface area contributed by atoms with Gasteiger partial charge in [0.2, 0.25) is 0 Å². The van der Waals surface area contributed by atoms with Crippen molar-refractivity contribution in [2.45, 2.75) is 11.9 Å². The lowest BCUT2D eigenvalue weighted by molar-refractivity contribution is 0.933. The van der Waals surface area contributed by atoms with Crippen molar-refractivity contribution in [3.63, 3.8) is 0 Å². The number of hydrogen-bond donors (Lipinski definition) is 0. The highest BCUT2D eigenvalue weighted by Crippen LogP contribution is 2.29. The molecule has 0 radical (unpaired) electrons. The number of nitrogens with zero attached hydrogens (tertiary/aromatic N) is 1. The normalized spacial score (nSPS) is 10.7. The van der Waals surface area contributed by atoms with E-state index in [-0.39, 0.29) is 0 Å². The van der Waals surface area contributed by atoms with Gasteiger partial charge >= 0.3 is 0 Å². The lowest BCUT2D eigenvalue weighted by atomic mass is 10.2. The fraction of sp³-hybridized carbons (Fsp3) is 0.231. The minimum atomic E-state index is 0.755. The molecular formula is C13H12BrCl2NS. The van der Waals surface area contributed by atoms with Crippen molar-refractivity contribution in [1.29, 1.82) is 0 Å².